The van der Waals surface area contributed by atoms with Crippen LogP contribution in [0.1, 0.15) is 6.92 Å². The molecule has 1 unspecified atom stereocenters. The molecule has 0 saturated heterocycles. The molecule has 3 nitrogen and oxygen atoms in total. The molecule has 0 aliphatic carbocycles. The minimum absolute atomic E-state index is 0. The maximum atomic E-state index is 12.2. The van der Waals surface area contributed by atoms with Gasteiger partial charge in [-0.25, -0.2) is 0 Å². The van der Waals surface area contributed by atoms with E-state index in [9.17, 15) is 5.21 Å². The predicted molar refractivity (Wildman–Crippen MR) is 96.2 cm³/mol. The maximum Gasteiger partial charge on any atom is 0.104 e. The van der Waals surface area contributed by atoms with E-state index in [1.807, 2.05) is 6.92 Å². The highest BCUT2D eigenvalue weighted by Crippen LogP contribution is 2.47. The fourth-order valence-corrected chi connectivity index (χ4v) is 3.53. The zero-order valence-corrected chi connectivity index (χ0v) is 14.7. The Morgan fingerprint density at radius 1 is 1.00 bits per heavy atom. The number of hydrogen-bond acceptors (Lipinski definition) is 3. The Balaban J connectivity index is 0.00000176. The number of quaternary nitrogens is 1. The van der Waals surface area contributed by atoms with Crippen LogP contribution in [0, 0.1) is 5.21 Å². The summed E-state index contributed by atoms with van der Waals surface area (Å²) in [5.74, 6) is 0. The first-order chi connectivity index (χ1) is 9.97. The number of anilines is 2. The van der Waals surface area contributed by atoms with Gasteiger partial charge in [-0.2, -0.15) is 0 Å². The van der Waals surface area contributed by atoms with Crippen LogP contribution in [0.15, 0.2) is 58.3 Å². The molecule has 0 saturated carbocycles. The Morgan fingerprint density at radius 2 is 1.45 bits per heavy atom. The average molecular weight is 337 g/mol. The number of hydroxylamine groups is 3. The maximum absolute atomic E-state index is 12.2. The summed E-state index contributed by atoms with van der Waals surface area (Å²) in [6, 6.07) is 16.8. The van der Waals surface area contributed by atoms with Crippen LogP contribution >= 0.6 is 24.2 Å². The molecule has 0 N–H and O–H groups in total. The Morgan fingerprint density at radius 3 is 1.91 bits per heavy atom. The molecule has 0 spiro atoms. The molecule has 118 valence electrons. The van der Waals surface area contributed by atoms with Crippen molar-refractivity contribution in [2.24, 2.45) is 0 Å². The lowest BCUT2D eigenvalue weighted by molar-refractivity contribution is -0.862. The zero-order chi connectivity index (χ0) is 15.0. The minimum atomic E-state index is -0.284. The zero-order valence-electron chi connectivity index (χ0n) is 13.0. The van der Waals surface area contributed by atoms with E-state index in [0.717, 1.165) is 0 Å². The van der Waals surface area contributed by atoms with Gasteiger partial charge in [0, 0.05) is 9.79 Å². The number of halogens is 1. The molecule has 1 atom stereocenters. The molecule has 0 radical (unpaired) electrons. The molecule has 1 heterocycles. The lowest BCUT2D eigenvalue weighted by atomic mass is 10.2. The van der Waals surface area contributed by atoms with Crippen molar-refractivity contribution in [2.45, 2.75) is 22.8 Å². The van der Waals surface area contributed by atoms with Gasteiger partial charge in [-0.15, -0.1) is 12.4 Å². The van der Waals surface area contributed by atoms with Gasteiger partial charge < -0.3 is 14.8 Å². The normalized spacial score (nSPS) is 14.6. The standard InChI is InChI=1S/C17H20N2OS.ClH/c1-13(19(2,3)20)12-18-14-8-4-6-10-16(14)21-17-11-7-5-9-15(17)18;/h4-11,13H,12H2,1-3H3;1H. The fraction of sp³-hybridized carbons (Fsp3) is 0.294. The highest BCUT2D eigenvalue weighted by Gasteiger charge is 2.26. The third kappa shape index (κ3) is 3.25. The van der Waals surface area contributed by atoms with E-state index in [0.29, 0.717) is 6.54 Å². The number of nitrogens with zero attached hydrogens (tertiary/aromatic N) is 2. The van der Waals surface area contributed by atoms with Crippen molar-refractivity contribution >= 4 is 35.5 Å². The van der Waals surface area contributed by atoms with Gasteiger partial charge in [-0.1, -0.05) is 36.0 Å². The van der Waals surface area contributed by atoms with Gasteiger partial charge in [0.2, 0.25) is 0 Å². The van der Waals surface area contributed by atoms with Crippen LogP contribution in [-0.2, 0) is 0 Å². The molecule has 3 rings (SSSR count). The number of benzene rings is 2. The van der Waals surface area contributed by atoms with E-state index in [1.54, 1.807) is 25.9 Å². The molecule has 0 fully saturated rings. The summed E-state index contributed by atoms with van der Waals surface area (Å²) in [5, 5.41) is 12.2. The number of likely N-dealkylation sites (N-methyl/N-ethyl adjacent to an activating group) is 1. The van der Waals surface area contributed by atoms with Gasteiger partial charge in [0.05, 0.1) is 32.0 Å². The number of rotatable bonds is 3. The second-order valence-corrected chi connectivity index (χ2v) is 7.02. The first-order valence-electron chi connectivity index (χ1n) is 7.15. The Bertz CT molecular complexity index is 612. The van der Waals surface area contributed by atoms with Crippen molar-refractivity contribution in [1.82, 2.24) is 0 Å². The summed E-state index contributed by atoms with van der Waals surface area (Å²) >= 11 is 1.80. The van der Waals surface area contributed by atoms with E-state index < -0.39 is 0 Å². The molecule has 2 aromatic rings. The van der Waals surface area contributed by atoms with E-state index in [4.69, 9.17) is 0 Å². The topological polar surface area (TPSA) is 26.3 Å². The largest absolute Gasteiger partial charge is 0.633 e. The third-order valence-corrected chi connectivity index (χ3v) is 5.17. The number of para-hydroxylation sites is 2. The van der Waals surface area contributed by atoms with E-state index in [1.165, 1.54) is 21.2 Å². The van der Waals surface area contributed by atoms with Gasteiger partial charge in [0.15, 0.2) is 0 Å². The summed E-state index contributed by atoms with van der Waals surface area (Å²) in [6.45, 7) is 2.73. The highest BCUT2D eigenvalue weighted by molar-refractivity contribution is 7.99. The Labute approximate surface area is 142 Å². The smallest absolute Gasteiger partial charge is 0.104 e. The molecule has 0 bridgehead atoms. The van der Waals surface area contributed by atoms with Crippen LogP contribution in [0.2, 0.25) is 0 Å². The fourth-order valence-electron chi connectivity index (χ4n) is 2.44. The second-order valence-electron chi connectivity index (χ2n) is 5.93. The monoisotopic (exact) mass is 336 g/mol. The van der Waals surface area contributed by atoms with Crippen molar-refractivity contribution in [2.75, 3.05) is 25.5 Å². The van der Waals surface area contributed by atoms with Crippen LogP contribution in [0.4, 0.5) is 11.4 Å². The minimum Gasteiger partial charge on any atom is -0.633 e. The summed E-state index contributed by atoms with van der Waals surface area (Å²) in [5.41, 5.74) is 2.39. The molecular weight excluding hydrogens is 316 g/mol. The van der Waals surface area contributed by atoms with Gasteiger partial charge in [-0.05, 0) is 31.2 Å². The van der Waals surface area contributed by atoms with Crippen molar-refractivity contribution < 1.29 is 4.65 Å². The highest BCUT2D eigenvalue weighted by atomic mass is 35.5. The lowest BCUT2D eigenvalue weighted by Gasteiger charge is -2.43. The van der Waals surface area contributed by atoms with Crippen LogP contribution < -0.4 is 4.90 Å². The average Bonchev–Trinajstić information content (AvgIpc) is 2.46. The quantitative estimate of drug-likeness (QED) is 0.601. The second kappa shape index (κ2) is 6.50. The third-order valence-electron chi connectivity index (χ3n) is 4.04. The van der Waals surface area contributed by atoms with Gasteiger partial charge in [0.25, 0.3) is 0 Å². The van der Waals surface area contributed by atoms with E-state index in [2.05, 4.69) is 53.4 Å². The van der Waals surface area contributed by atoms with Crippen molar-refractivity contribution in [3.8, 4) is 0 Å². The Hall–Kier alpha value is -1.20. The lowest BCUT2D eigenvalue weighted by Crippen LogP contribution is -2.47. The van der Waals surface area contributed by atoms with Crippen LogP contribution in [0.5, 0.6) is 0 Å². The summed E-state index contributed by atoms with van der Waals surface area (Å²) in [4.78, 5) is 4.78. The van der Waals surface area contributed by atoms with Gasteiger partial charge in [-0.3, -0.25) is 0 Å². The molecule has 2 aromatic carbocycles. The predicted octanol–water partition coefficient (Wildman–Crippen LogP) is 4.67. The molecule has 0 aromatic heterocycles. The molecule has 22 heavy (non-hydrogen) atoms. The van der Waals surface area contributed by atoms with Crippen molar-refractivity contribution in [3.05, 3.63) is 53.7 Å². The van der Waals surface area contributed by atoms with Crippen LogP contribution in [-0.4, -0.2) is 31.3 Å². The van der Waals surface area contributed by atoms with Gasteiger partial charge >= 0.3 is 0 Å². The van der Waals surface area contributed by atoms with Crippen molar-refractivity contribution in [1.29, 1.82) is 0 Å². The number of hydrogen-bond donors (Lipinski definition) is 0. The van der Waals surface area contributed by atoms with Crippen LogP contribution in [0.25, 0.3) is 0 Å². The molecule has 1 aliphatic rings. The molecule has 0 amide bonds. The summed E-state index contributed by atoms with van der Waals surface area (Å²) in [6.07, 6.45) is 0. The number of fused-ring (bicyclic) bond motifs is 2. The van der Waals surface area contributed by atoms with Crippen LogP contribution in [0.3, 0.4) is 0 Å². The summed E-state index contributed by atoms with van der Waals surface area (Å²) < 4.78 is -0.284. The molecular formula is C17H21ClN2OS. The first-order valence-corrected chi connectivity index (χ1v) is 7.96. The van der Waals surface area contributed by atoms with Crippen molar-refractivity contribution in [3.63, 3.8) is 0 Å². The SMILES string of the molecule is CC(CN1c2ccccc2Sc2ccccc21)[N+](C)(C)[O-].Cl. The summed E-state index contributed by atoms with van der Waals surface area (Å²) in [7, 11) is 3.42. The van der Waals surface area contributed by atoms with E-state index >= 15 is 0 Å². The van der Waals surface area contributed by atoms with Gasteiger partial charge in [0.1, 0.15) is 6.04 Å². The molecule has 5 heteroatoms. The molecule has 1 aliphatic heterocycles. The van der Waals surface area contributed by atoms with E-state index in [-0.39, 0.29) is 23.1 Å². The Kier molecular flexibility index (Phi) is 5.07. The first kappa shape index (κ1) is 17.2.